The number of rotatable bonds is 8. The van der Waals surface area contributed by atoms with Crippen LogP contribution in [0.4, 0.5) is 14.5 Å². The van der Waals surface area contributed by atoms with Crippen LogP contribution in [-0.2, 0) is 29.8 Å². The van der Waals surface area contributed by atoms with Gasteiger partial charge in [-0.15, -0.1) is 0 Å². The highest BCUT2D eigenvalue weighted by atomic mass is 32.2. The summed E-state index contributed by atoms with van der Waals surface area (Å²) in [5.74, 6) is -3.56. The van der Waals surface area contributed by atoms with Gasteiger partial charge in [-0.1, -0.05) is 18.2 Å². The molecule has 2 N–H and O–H groups in total. The monoisotopic (exact) mass is 582 g/mol. The van der Waals surface area contributed by atoms with Crippen molar-refractivity contribution in [3.8, 4) is 5.75 Å². The molecular formula is C28H24F2N4O6S. The van der Waals surface area contributed by atoms with Gasteiger partial charge in [0.2, 0.25) is 0 Å². The van der Waals surface area contributed by atoms with Gasteiger partial charge in [-0.25, -0.2) is 13.6 Å². The Labute approximate surface area is 233 Å². The molecule has 1 aliphatic rings. The molecule has 0 spiro atoms. The van der Waals surface area contributed by atoms with Crippen LogP contribution >= 0.6 is 0 Å². The third kappa shape index (κ3) is 4.93. The van der Waals surface area contributed by atoms with Crippen molar-refractivity contribution >= 4 is 38.7 Å². The number of hydrogen-bond donors (Lipinski definition) is 2. The molecule has 5 rings (SSSR count). The molecule has 0 radical (unpaired) electrons. The second-order valence-corrected chi connectivity index (χ2v) is 11.6. The van der Waals surface area contributed by atoms with Crippen LogP contribution in [0.3, 0.4) is 0 Å². The zero-order valence-electron chi connectivity index (χ0n) is 21.9. The first-order valence-electron chi connectivity index (χ1n) is 12.3. The van der Waals surface area contributed by atoms with Gasteiger partial charge in [-0.05, 0) is 47.5 Å². The van der Waals surface area contributed by atoms with Crippen LogP contribution < -0.4 is 4.31 Å². The number of carboxylic acids is 1. The summed E-state index contributed by atoms with van der Waals surface area (Å²) in [4.78, 5) is 30.7. The molecule has 1 amide bonds. The van der Waals surface area contributed by atoms with Gasteiger partial charge in [0.05, 0.1) is 16.8 Å². The molecule has 1 aliphatic heterocycles. The molecule has 0 unspecified atom stereocenters. The Hall–Kier alpha value is -4.62. The summed E-state index contributed by atoms with van der Waals surface area (Å²) >= 11 is 0. The number of hydrogen-bond acceptors (Lipinski definition) is 6. The van der Waals surface area contributed by atoms with E-state index in [-0.39, 0.29) is 64.2 Å². The number of carbonyl (C=O) groups is 2. The van der Waals surface area contributed by atoms with E-state index in [9.17, 15) is 37.0 Å². The molecule has 41 heavy (non-hydrogen) atoms. The summed E-state index contributed by atoms with van der Waals surface area (Å²) in [7, 11) is -1.85. The summed E-state index contributed by atoms with van der Waals surface area (Å²) in [6, 6.07) is 11.8. The lowest BCUT2D eigenvalue weighted by Gasteiger charge is -2.29. The summed E-state index contributed by atoms with van der Waals surface area (Å²) in [5, 5.41) is 20.8. The smallest absolute Gasteiger partial charge is 0.336 e. The number of benzene rings is 3. The van der Waals surface area contributed by atoms with Gasteiger partial charge >= 0.3 is 16.2 Å². The Kier molecular flexibility index (Phi) is 7.09. The van der Waals surface area contributed by atoms with Gasteiger partial charge in [-0.3, -0.25) is 14.1 Å². The van der Waals surface area contributed by atoms with Crippen molar-refractivity contribution in [1.29, 1.82) is 0 Å². The van der Waals surface area contributed by atoms with Crippen molar-refractivity contribution in [2.24, 2.45) is 0 Å². The number of aromatic hydroxyl groups is 1. The molecule has 3 aromatic carbocycles. The number of halogens is 2. The summed E-state index contributed by atoms with van der Waals surface area (Å²) in [5.41, 5.74) is 0.617. The van der Waals surface area contributed by atoms with E-state index in [0.717, 1.165) is 20.7 Å². The summed E-state index contributed by atoms with van der Waals surface area (Å²) in [6.07, 6.45) is 1.40. The van der Waals surface area contributed by atoms with Crippen molar-refractivity contribution < 1.29 is 37.0 Å². The molecule has 0 bridgehead atoms. The molecule has 2 heterocycles. The maximum atomic E-state index is 13.8. The Morgan fingerprint density at radius 1 is 1.07 bits per heavy atom. The van der Waals surface area contributed by atoms with Crippen LogP contribution in [0.25, 0.3) is 10.9 Å². The predicted molar refractivity (Wildman–Crippen MR) is 146 cm³/mol. The molecule has 10 nitrogen and oxygen atoms in total. The normalized spacial score (nSPS) is 13.2. The molecular weight excluding hydrogens is 558 g/mol. The maximum Gasteiger partial charge on any atom is 0.336 e. The van der Waals surface area contributed by atoms with Crippen LogP contribution in [0, 0.1) is 11.6 Å². The second kappa shape index (κ2) is 10.4. The number of nitrogens with zero attached hydrogens (tertiary/aromatic N) is 4. The Bertz CT molecular complexity index is 1820. The lowest BCUT2D eigenvalue weighted by Crippen LogP contribution is -2.40. The topological polar surface area (TPSA) is 131 Å². The minimum atomic E-state index is -4.37. The average Bonchev–Trinajstić information content (AvgIpc) is 3.26. The molecule has 4 aromatic rings. The number of anilines is 1. The second-order valence-electron chi connectivity index (χ2n) is 9.58. The number of aromatic nitrogens is 1. The van der Waals surface area contributed by atoms with Crippen molar-refractivity contribution in [3.05, 3.63) is 100 Å². The number of phenolic OH excluding ortho intramolecular Hbond substituents is 1. The number of phenols is 1. The SMILES string of the molecule is CN(Cc1ccc(F)cc1C(=O)O)S(=O)(=O)N(C)c1c2c(c(O)c3ncccc13)C(=O)N(Cc1ccc(F)cc1)C2. The number of carboxylic acid groups (broad SMARTS) is 1. The summed E-state index contributed by atoms with van der Waals surface area (Å²) in [6.45, 7) is -0.361. The Morgan fingerprint density at radius 3 is 2.44 bits per heavy atom. The van der Waals surface area contributed by atoms with E-state index >= 15 is 0 Å². The van der Waals surface area contributed by atoms with Crippen molar-refractivity contribution in [2.75, 3.05) is 18.4 Å². The van der Waals surface area contributed by atoms with Gasteiger partial charge in [0.15, 0.2) is 5.75 Å². The minimum absolute atomic E-state index is 0.0228. The minimum Gasteiger partial charge on any atom is -0.505 e. The van der Waals surface area contributed by atoms with E-state index in [1.54, 1.807) is 12.1 Å². The zero-order chi connectivity index (χ0) is 29.6. The lowest BCUT2D eigenvalue weighted by molar-refractivity contribution is 0.0693. The molecule has 0 fully saturated rings. The van der Waals surface area contributed by atoms with Crippen LogP contribution in [0.2, 0.25) is 0 Å². The Morgan fingerprint density at radius 2 is 1.76 bits per heavy atom. The van der Waals surface area contributed by atoms with Gasteiger partial charge < -0.3 is 15.1 Å². The molecule has 13 heteroatoms. The van der Waals surface area contributed by atoms with E-state index in [1.165, 1.54) is 55.5 Å². The Balaban J connectivity index is 1.57. The third-order valence-electron chi connectivity index (χ3n) is 7.00. The van der Waals surface area contributed by atoms with Crippen molar-refractivity contribution in [2.45, 2.75) is 19.6 Å². The number of amides is 1. The van der Waals surface area contributed by atoms with Gasteiger partial charge in [0.1, 0.15) is 17.2 Å². The predicted octanol–water partition coefficient (Wildman–Crippen LogP) is 3.89. The van der Waals surface area contributed by atoms with Crippen LogP contribution in [-0.4, -0.2) is 58.8 Å². The van der Waals surface area contributed by atoms with Gasteiger partial charge in [-0.2, -0.15) is 12.7 Å². The molecule has 212 valence electrons. The van der Waals surface area contributed by atoms with Crippen LogP contribution in [0.5, 0.6) is 5.75 Å². The summed E-state index contributed by atoms with van der Waals surface area (Å²) < 4.78 is 56.6. The standard InChI is InChI=1S/C28H24F2N4O6S/c1-32(14-17-7-10-19(30)12-21(17)28(37)38)41(39,40)33(2)25-20-4-3-11-31-24(20)26(35)23-22(25)15-34(27(23)36)13-16-5-8-18(29)9-6-16/h3-12,35H,13-15H2,1-2H3,(H,37,38). The van der Waals surface area contributed by atoms with Gasteiger partial charge in [0, 0.05) is 50.9 Å². The maximum absolute atomic E-state index is 13.8. The fraction of sp³-hybridized carbons (Fsp3) is 0.179. The third-order valence-corrected chi connectivity index (χ3v) is 8.79. The van der Waals surface area contributed by atoms with E-state index < -0.39 is 33.7 Å². The van der Waals surface area contributed by atoms with Gasteiger partial charge in [0.25, 0.3) is 5.91 Å². The number of aromatic carboxylic acids is 1. The largest absolute Gasteiger partial charge is 0.505 e. The first kappa shape index (κ1) is 27.9. The van der Waals surface area contributed by atoms with E-state index in [2.05, 4.69) is 4.98 Å². The molecule has 0 atom stereocenters. The highest BCUT2D eigenvalue weighted by Gasteiger charge is 2.38. The fourth-order valence-electron chi connectivity index (χ4n) is 4.96. The number of carbonyl (C=O) groups excluding carboxylic acids is 1. The highest BCUT2D eigenvalue weighted by molar-refractivity contribution is 7.90. The van der Waals surface area contributed by atoms with Crippen LogP contribution in [0.1, 0.15) is 37.4 Å². The van der Waals surface area contributed by atoms with E-state index in [4.69, 9.17) is 0 Å². The first-order chi connectivity index (χ1) is 19.4. The lowest BCUT2D eigenvalue weighted by atomic mass is 10.0. The molecule has 0 saturated carbocycles. The average molecular weight is 583 g/mol. The first-order valence-corrected chi connectivity index (χ1v) is 13.7. The molecule has 0 saturated heterocycles. The zero-order valence-corrected chi connectivity index (χ0v) is 22.7. The molecule has 0 aliphatic carbocycles. The number of fused-ring (bicyclic) bond motifs is 2. The van der Waals surface area contributed by atoms with Crippen molar-refractivity contribution in [3.63, 3.8) is 0 Å². The molecule has 1 aromatic heterocycles. The van der Waals surface area contributed by atoms with Crippen molar-refractivity contribution in [1.82, 2.24) is 14.2 Å². The fourth-order valence-corrected chi connectivity index (χ4v) is 6.12. The number of pyridine rings is 1. The van der Waals surface area contributed by atoms with E-state index in [0.29, 0.717) is 5.56 Å². The highest BCUT2D eigenvalue weighted by Crippen LogP contribution is 2.44. The van der Waals surface area contributed by atoms with Crippen LogP contribution in [0.15, 0.2) is 60.8 Å². The van der Waals surface area contributed by atoms with E-state index in [1.807, 2.05) is 0 Å². The quantitative estimate of drug-likeness (QED) is 0.322.